The number of carbonyl (C=O) groups is 1. The molecule has 1 heterocycles. The lowest BCUT2D eigenvalue weighted by Gasteiger charge is -2.01. The van der Waals surface area contributed by atoms with Gasteiger partial charge in [0.2, 0.25) is 0 Å². The van der Waals surface area contributed by atoms with Gasteiger partial charge in [-0.3, -0.25) is 4.79 Å². The van der Waals surface area contributed by atoms with Crippen LogP contribution in [0.25, 0.3) is 0 Å². The highest BCUT2D eigenvalue weighted by Gasteiger charge is 2.02. The quantitative estimate of drug-likeness (QED) is 0.611. The van der Waals surface area contributed by atoms with Crippen molar-refractivity contribution in [2.45, 2.75) is 18.4 Å². The summed E-state index contributed by atoms with van der Waals surface area (Å²) < 4.78 is 4.81. The summed E-state index contributed by atoms with van der Waals surface area (Å²) in [7, 11) is 0. The molecule has 0 saturated heterocycles. The summed E-state index contributed by atoms with van der Waals surface area (Å²) in [6, 6.07) is 3.63. The Bertz CT molecular complexity index is 314. The Kier molecular flexibility index (Phi) is 4.97. The number of esters is 1. The first kappa shape index (κ1) is 11.8. The van der Waals surface area contributed by atoms with Crippen LogP contribution >= 0.6 is 11.8 Å². The zero-order valence-electron chi connectivity index (χ0n) is 8.60. The normalized spacial score (nSPS) is 9.93. The molecule has 0 bridgehead atoms. The predicted octanol–water partition coefficient (Wildman–Crippen LogP) is 1.71. The Balaban J connectivity index is 2.26. The number of pyridine rings is 1. The van der Waals surface area contributed by atoms with Crippen molar-refractivity contribution in [3.8, 4) is 0 Å². The zero-order valence-corrected chi connectivity index (χ0v) is 9.42. The molecule has 82 valence electrons. The molecule has 0 amide bonds. The number of anilines is 1. The highest BCUT2D eigenvalue weighted by molar-refractivity contribution is 7.99. The van der Waals surface area contributed by atoms with Gasteiger partial charge in [0.15, 0.2) is 0 Å². The highest BCUT2D eigenvalue weighted by Crippen LogP contribution is 2.16. The summed E-state index contributed by atoms with van der Waals surface area (Å²) >= 11 is 1.52. The van der Waals surface area contributed by atoms with E-state index in [0.717, 1.165) is 5.03 Å². The maximum Gasteiger partial charge on any atom is 0.306 e. The summed E-state index contributed by atoms with van der Waals surface area (Å²) in [6.07, 6.45) is 2.01. The highest BCUT2D eigenvalue weighted by atomic mass is 32.2. The van der Waals surface area contributed by atoms with Gasteiger partial charge in [-0.1, -0.05) is 0 Å². The molecule has 1 rings (SSSR count). The van der Waals surface area contributed by atoms with Gasteiger partial charge in [0.05, 0.1) is 29.9 Å². The number of hydrogen-bond acceptors (Lipinski definition) is 5. The van der Waals surface area contributed by atoms with E-state index in [0.29, 0.717) is 24.5 Å². The largest absolute Gasteiger partial charge is 0.466 e. The van der Waals surface area contributed by atoms with Crippen LogP contribution in [0.3, 0.4) is 0 Å². The lowest BCUT2D eigenvalue weighted by molar-refractivity contribution is -0.142. The van der Waals surface area contributed by atoms with Crippen LogP contribution < -0.4 is 5.73 Å². The maximum atomic E-state index is 11.0. The maximum absolute atomic E-state index is 11.0. The molecule has 2 N–H and O–H groups in total. The monoisotopic (exact) mass is 226 g/mol. The van der Waals surface area contributed by atoms with Crippen LogP contribution in [0.5, 0.6) is 0 Å². The summed E-state index contributed by atoms with van der Waals surface area (Å²) in [5.41, 5.74) is 6.14. The number of ether oxygens (including phenoxy) is 1. The topological polar surface area (TPSA) is 65.2 Å². The number of aromatic nitrogens is 1. The Morgan fingerprint density at radius 1 is 1.60 bits per heavy atom. The van der Waals surface area contributed by atoms with Crippen molar-refractivity contribution >= 4 is 23.4 Å². The summed E-state index contributed by atoms with van der Waals surface area (Å²) in [5, 5.41) is 0.869. The van der Waals surface area contributed by atoms with Crippen LogP contribution in [0.15, 0.2) is 23.4 Å². The van der Waals surface area contributed by atoms with E-state index in [1.807, 2.05) is 6.07 Å². The Morgan fingerprint density at radius 3 is 3.00 bits per heavy atom. The number of carbonyl (C=O) groups excluding carboxylic acids is 1. The van der Waals surface area contributed by atoms with E-state index in [9.17, 15) is 4.79 Å². The molecule has 0 aromatic carbocycles. The molecular formula is C10H14N2O2S. The molecule has 15 heavy (non-hydrogen) atoms. The van der Waals surface area contributed by atoms with Crippen molar-refractivity contribution in [1.29, 1.82) is 0 Å². The van der Waals surface area contributed by atoms with E-state index in [4.69, 9.17) is 10.5 Å². The van der Waals surface area contributed by atoms with Crippen molar-refractivity contribution in [1.82, 2.24) is 4.98 Å². The van der Waals surface area contributed by atoms with Crippen LogP contribution in [-0.4, -0.2) is 23.3 Å². The number of rotatable bonds is 5. The molecule has 5 heteroatoms. The molecule has 0 spiro atoms. The smallest absolute Gasteiger partial charge is 0.306 e. The van der Waals surface area contributed by atoms with Crippen LogP contribution in [-0.2, 0) is 9.53 Å². The van der Waals surface area contributed by atoms with Gasteiger partial charge in [-0.15, -0.1) is 11.8 Å². The van der Waals surface area contributed by atoms with E-state index in [-0.39, 0.29) is 5.97 Å². The van der Waals surface area contributed by atoms with Gasteiger partial charge in [-0.05, 0) is 19.1 Å². The van der Waals surface area contributed by atoms with E-state index in [1.165, 1.54) is 11.8 Å². The average molecular weight is 226 g/mol. The van der Waals surface area contributed by atoms with Gasteiger partial charge >= 0.3 is 5.97 Å². The van der Waals surface area contributed by atoms with Crippen molar-refractivity contribution < 1.29 is 9.53 Å². The molecule has 0 saturated carbocycles. The fourth-order valence-electron chi connectivity index (χ4n) is 0.949. The second-order valence-electron chi connectivity index (χ2n) is 2.83. The molecule has 0 aliphatic heterocycles. The van der Waals surface area contributed by atoms with Gasteiger partial charge < -0.3 is 10.5 Å². The second kappa shape index (κ2) is 6.29. The third-order valence-corrected chi connectivity index (χ3v) is 2.57. The summed E-state index contributed by atoms with van der Waals surface area (Å²) in [5.74, 6) is 0.510. The SMILES string of the molecule is CCOC(=O)CCSc1ccc(N)cn1. The number of nitrogens with two attached hydrogens (primary N) is 1. The molecule has 0 fully saturated rings. The summed E-state index contributed by atoms with van der Waals surface area (Å²) in [6.45, 7) is 2.23. The predicted molar refractivity (Wildman–Crippen MR) is 60.6 cm³/mol. The third kappa shape index (κ3) is 4.69. The van der Waals surface area contributed by atoms with E-state index < -0.39 is 0 Å². The fourth-order valence-corrected chi connectivity index (χ4v) is 1.72. The Morgan fingerprint density at radius 2 is 2.40 bits per heavy atom. The number of thioether (sulfide) groups is 1. The molecule has 0 radical (unpaired) electrons. The van der Waals surface area contributed by atoms with Crippen LogP contribution in [0.1, 0.15) is 13.3 Å². The fraction of sp³-hybridized carbons (Fsp3) is 0.400. The van der Waals surface area contributed by atoms with E-state index in [1.54, 1.807) is 19.2 Å². The molecule has 0 aliphatic rings. The standard InChI is InChI=1S/C10H14N2O2S/c1-2-14-10(13)5-6-15-9-4-3-8(11)7-12-9/h3-4,7H,2,5-6,11H2,1H3. The van der Waals surface area contributed by atoms with E-state index in [2.05, 4.69) is 4.98 Å². The zero-order chi connectivity index (χ0) is 11.1. The molecule has 4 nitrogen and oxygen atoms in total. The van der Waals surface area contributed by atoms with Crippen LogP contribution in [0, 0.1) is 0 Å². The second-order valence-corrected chi connectivity index (χ2v) is 3.95. The van der Waals surface area contributed by atoms with E-state index >= 15 is 0 Å². The van der Waals surface area contributed by atoms with Gasteiger partial charge in [0.25, 0.3) is 0 Å². The molecule has 0 unspecified atom stereocenters. The minimum absolute atomic E-state index is 0.166. The van der Waals surface area contributed by atoms with Gasteiger partial charge in [0, 0.05) is 5.75 Å². The minimum atomic E-state index is -0.166. The number of nitrogen functional groups attached to an aromatic ring is 1. The molecule has 0 atom stereocenters. The van der Waals surface area contributed by atoms with Gasteiger partial charge in [-0.2, -0.15) is 0 Å². The summed E-state index contributed by atoms with van der Waals surface area (Å²) in [4.78, 5) is 15.1. The number of nitrogens with zero attached hydrogens (tertiary/aromatic N) is 1. The average Bonchev–Trinajstić information content (AvgIpc) is 2.21. The Labute approximate surface area is 93.2 Å². The van der Waals surface area contributed by atoms with Crippen molar-refractivity contribution in [2.24, 2.45) is 0 Å². The molecular weight excluding hydrogens is 212 g/mol. The minimum Gasteiger partial charge on any atom is -0.466 e. The van der Waals surface area contributed by atoms with Gasteiger partial charge in [-0.25, -0.2) is 4.98 Å². The Hall–Kier alpha value is -1.23. The molecule has 1 aromatic heterocycles. The molecule has 0 aliphatic carbocycles. The first-order chi connectivity index (χ1) is 7.22. The van der Waals surface area contributed by atoms with Gasteiger partial charge in [0.1, 0.15) is 0 Å². The van der Waals surface area contributed by atoms with Crippen molar-refractivity contribution in [3.05, 3.63) is 18.3 Å². The number of hydrogen-bond donors (Lipinski definition) is 1. The first-order valence-electron chi connectivity index (χ1n) is 4.72. The van der Waals surface area contributed by atoms with Crippen LogP contribution in [0.4, 0.5) is 5.69 Å². The molecule has 1 aromatic rings. The van der Waals surface area contributed by atoms with Crippen molar-refractivity contribution in [3.63, 3.8) is 0 Å². The van der Waals surface area contributed by atoms with Crippen LogP contribution in [0.2, 0.25) is 0 Å². The lowest BCUT2D eigenvalue weighted by Crippen LogP contribution is -2.04. The van der Waals surface area contributed by atoms with Crippen molar-refractivity contribution in [2.75, 3.05) is 18.1 Å². The first-order valence-corrected chi connectivity index (χ1v) is 5.71. The third-order valence-electron chi connectivity index (χ3n) is 1.62. The lowest BCUT2D eigenvalue weighted by atomic mass is 10.4.